The fourth-order valence-electron chi connectivity index (χ4n) is 3.42. The smallest absolute Gasteiger partial charge is 0.171 e. The molecule has 1 fully saturated rings. The number of thiocarbonyl (C=S) groups is 1. The van der Waals surface area contributed by atoms with Crippen molar-refractivity contribution in [1.29, 1.82) is 0 Å². The molecular weight excluding hydrogens is 338 g/mol. The predicted molar refractivity (Wildman–Crippen MR) is 114 cm³/mol. The fourth-order valence-corrected chi connectivity index (χ4v) is 3.61. The molecule has 2 aromatic carbocycles. The summed E-state index contributed by atoms with van der Waals surface area (Å²) in [4.78, 5) is 1.71. The van der Waals surface area contributed by atoms with Gasteiger partial charge in [-0.25, -0.2) is 0 Å². The molecule has 1 aliphatic rings. The molecule has 3 rings (SSSR count). The highest BCUT2D eigenvalue weighted by atomic mass is 32.1. The van der Waals surface area contributed by atoms with Crippen molar-refractivity contribution in [3.05, 3.63) is 65.2 Å². The maximum atomic E-state index is 5.42. The number of quaternary nitrogens is 1. The van der Waals surface area contributed by atoms with Gasteiger partial charge in [0.15, 0.2) is 5.11 Å². The molecule has 3 nitrogen and oxygen atoms in total. The number of nitrogens with one attached hydrogen (secondary N) is 3. The van der Waals surface area contributed by atoms with E-state index in [2.05, 4.69) is 73.0 Å². The second kappa shape index (κ2) is 9.15. The molecule has 0 atom stereocenters. The summed E-state index contributed by atoms with van der Waals surface area (Å²) in [5.41, 5.74) is 5.04. The Morgan fingerprint density at radius 3 is 2.19 bits per heavy atom. The van der Waals surface area contributed by atoms with Gasteiger partial charge in [0.05, 0.1) is 13.1 Å². The van der Waals surface area contributed by atoms with Crippen LogP contribution < -0.4 is 15.5 Å². The van der Waals surface area contributed by atoms with E-state index in [9.17, 15) is 0 Å². The molecule has 1 saturated heterocycles. The second-order valence-electron chi connectivity index (χ2n) is 7.53. The maximum Gasteiger partial charge on any atom is 0.171 e. The highest BCUT2D eigenvalue weighted by Gasteiger charge is 2.15. The molecule has 3 N–H and O–H groups in total. The van der Waals surface area contributed by atoms with Crippen molar-refractivity contribution in [2.24, 2.45) is 0 Å². The normalized spacial score (nSPS) is 14.6. The molecule has 0 aromatic heterocycles. The van der Waals surface area contributed by atoms with Crippen LogP contribution in [-0.2, 0) is 13.1 Å². The standard InChI is InChI=1S/C22H29N3S/c1-17(2)20-9-11-21(12-10-20)24-22(26)23-15-18-5-7-19(8-6-18)16-25-13-3-4-14-25/h5-12,17H,3-4,13-16H2,1-2H3,(H2,23,24,26)/p+1. The molecule has 0 radical (unpaired) electrons. The Hall–Kier alpha value is -1.91. The summed E-state index contributed by atoms with van der Waals surface area (Å²) >= 11 is 5.42. The van der Waals surface area contributed by atoms with Gasteiger partial charge in [-0.05, 0) is 41.4 Å². The van der Waals surface area contributed by atoms with E-state index in [0.29, 0.717) is 11.0 Å². The lowest BCUT2D eigenvalue weighted by molar-refractivity contribution is -0.901. The van der Waals surface area contributed by atoms with Crippen LogP contribution in [0.4, 0.5) is 5.69 Å². The largest absolute Gasteiger partial charge is 0.358 e. The van der Waals surface area contributed by atoms with Crippen molar-refractivity contribution in [1.82, 2.24) is 5.32 Å². The summed E-state index contributed by atoms with van der Waals surface area (Å²) in [7, 11) is 0. The molecule has 138 valence electrons. The minimum absolute atomic E-state index is 0.546. The molecule has 0 amide bonds. The molecule has 0 bridgehead atoms. The Labute approximate surface area is 162 Å². The fraction of sp³-hybridized carbons (Fsp3) is 0.409. The van der Waals surface area contributed by atoms with Crippen molar-refractivity contribution in [2.75, 3.05) is 18.4 Å². The van der Waals surface area contributed by atoms with Crippen molar-refractivity contribution >= 4 is 23.0 Å². The minimum atomic E-state index is 0.546. The molecule has 1 aliphatic heterocycles. The van der Waals surface area contributed by atoms with Crippen LogP contribution in [0.2, 0.25) is 0 Å². The van der Waals surface area contributed by atoms with Crippen LogP contribution in [0, 0.1) is 0 Å². The van der Waals surface area contributed by atoms with Gasteiger partial charge in [-0.1, -0.05) is 50.2 Å². The molecule has 1 heterocycles. The van der Waals surface area contributed by atoms with Gasteiger partial charge in [-0.3, -0.25) is 0 Å². The summed E-state index contributed by atoms with van der Waals surface area (Å²) in [6.07, 6.45) is 2.75. The summed E-state index contributed by atoms with van der Waals surface area (Å²) in [5, 5.41) is 7.21. The lowest BCUT2D eigenvalue weighted by Gasteiger charge is -2.13. The van der Waals surface area contributed by atoms with Crippen LogP contribution in [0.3, 0.4) is 0 Å². The number of hydrogen-bond donors (Lipinski definition) is 3. The number of anilines is 1. The Bertz CT molecular complexity index is 701. The van der Waals surface area contributed by atoms with Gasteiger partial charge in [-0.2, -0.15) is 0 Å². The zero-order valence-electron chi connectivity index (χ0n) is 15.8. The molecule has 2 aromatic rings. The molecule has 4 heteroatoms. The minimum Gasteiger partial charge on any atom is -0.358 e. The van der Waals surface area contributed by atoms with Crippen LogP contribution in [0.5, 0.6) is 0 Å². The van der Waals surface area contributed by atoms with Crippen molar-refractivity contribution < 1.29 is 4.90 Å². The van der Waals surface area contributed by atoms with Crippen molar-refractivity contribution in [2.45, 2.75) is 45.7 Å². The number of rotatable bonds is 6. The van der Waals surface area contributed by atoms with Crippen molar-refractivity contribution in [3.8, 4) is 0 Å². The van der Waals surface area contributed by atoms with E-state index in [1.165, 1.54) is 42.6 Å². The Balaban J connectivity index is 1.44. The molecule has 0 unspecified atom stereocenters. The van der Waals surface area contributed by atoms with Gasteiger partial charge in [0, 0.05) is 30.6 Å². The molecular formula is C22H30N3S+. The topological polar surface area (TPSA) is 28.5 Å². The first-order valence-corrected chi connectivity index (χ1v) is 10.1. The molecule has 0 spiro atoms. The predicted octanol–water partition coefficient (Wildman–Crippen LogP) is 3.48. The highest BCUT2D eigenvalue weighted by molar-refractivity contribution is 7.80. The maximum absolute atomic E-state index is 5.42. The second-order valence-corrected chi connectivity index (χ2v) is 7.94. The average molecular weight is 369 g/mol. The van der Waals surface area contributed by atoms with E-state index in [1.807, 2.05) is 0 Å². The quantitative estimate of drug-likeness (QED) is 0.682. The first-order chi connectivity index (χ1) is 12.6. The molecule has 26 heavy (non-hydrogen) atoms. The third kappa shape index (κ3) is 5.55. The third-order valence-electron chi connectivity index (χ3n) is 5.08. The lowest BCUT2D eigenvalue weighted by atomic mass is 10.0. The van der Waals surface area contributed by atoms with Gasteiger partial charge in [0.1, 0.15) is 6.54 Å². The van der Waals surface area contributed by atoms with Gasteiger partial charge in [-0.15, -0.1) is 0 Å². The SMILES string of the molecule is CC(C)c1ccc(NC(=S)NCc2ccc(C[NH+]3CCCC3)cc2)cc1. The van der Waals surface area contributed by atoms with E-state index >= 15 is 0 Å². The van der Waals surface area contributed by atoms with Gasteiger partial charge < -0.3 is 15.5 Å². The summed E-state index contributed by atoms with van der Waals surface area (Å²) in [6, 6.07) is 17.4. The summed E-state index contributed by atoms with van der Waals surface area (Å²) in [5.74, 6) is 0.546. The third-order valence-corrected chi connectivity index (χ3v) is 5.32. The van der Waals surface area contributed by atoms with Crippen LogP contribution in [-0.4, -0.2) is 18.2 Å². The number of hydrogen-bond acceptors (Lipinski definition) is 1. The van der Waals surface area contributed by atoms with E-state index in [-0.39, 0.29) is 0 Å². The Kier molecular flexibility index (Phi) is 6.64. The summed E-state index contributed by atoms with van der Waals surface area (Å²) in [6.45, 7) is 8.94. The van der Waals surface area contributed by atoms with Crippen molar-refractivity contribution in [3.63, 3.8) is 0 Å². The zero-order valence-corrected chi connectivity index (χ0v) is 16.7. The van der Waals surface area contributed by atoms with Crippen LogP contribution in [0.25, 0.3) is 0 Å². The van der Waals surface area contributed by atoms with E-state index in [1.54, 1.807) is 4.90 Å². The van der Waals surface area contributed by atoms with Gasteiger partial charge in [0.2, 0.25) is 0 Å². The van der Waals surface area contributed by atoms with Gasteiger partial charge >= 0.3 is 0 Å². The van der Waals surface area contributed by atoms with E-state index in [4.69, 9.17) is 12.2 Å². The van der Waals surface area contributed by atoms with Gasteiger partial charge in [0.25, 0.3) is 0 Å². The lowest BCUT2D eigenvalue weighted by Crippen LogP contribution is -3.08. The average Bonchev–Trinajstić information content (AvgIpc) is 3.15. The van der Waals surface area contributed by atoms with E-state index < -0.39 is 0 Å². The first-order valence-electron chi connectivity index (χ1n) is 9.66. The monoisotopic (exact) mass is 368 g/mol. The Morgan fingerprint density at radius 2 is 1.58 bits per heavy atom. The van der Waals surface area contributed by atoms with Crippen LogP contribution >= 0.6 is 12.2 Å². The molecule has 0 aliphatic carbocycles. The van der Waals surface area contributed by atoms with E-state index in [0.717, 1.165) is 18.8 Å². The number of benzene rings is 2. The first kappa shape index (κ1) is 18.9. The number of likely N-dealkylation sites (tertiary alicyclic amines) is 1. The summed E-state index contributed by atoms with van der Waals surface area (Å²) < 4.78 is 0. The Morgan fingerprint density at radius 1 is 0.962 bits per heavy atom. The molecule has 0 saturated carbocycles. The van der Waals surface area contributed by atoms with Crippen LogP contribution in [0.15, 0.2) is 48.5 Å². The zero-order chi connectivity index (χ0) is 18.4. The highest BCUT2D eigenvalue weighted by Crippen LogP contribution is 2.17. The van der Waals surface area contributed by atoms with Crippen LogP contribution in [0.1, 0.15) is 49.3 Å².